The zero-order chi connectivity index (χ0) is 17.6. The summed E-state index contributed by atoms with van der Waals surface area (Å²) < 4.78 is 13.7. The van der Waals surface area contributed by atoms with Crippen LogP contribution in [-0.2, 0) is 6.54 Å². The van der Waals surface area contributed by atoms with E-state index in [1.807, 2.05) is 48.3 Å². The summed E-state index contributed by atoms with van der Waals surface area (Å²) in [5.74, 6) is -0.923. The van der Waals surface area contributed by atoms with E-state index in [2.05, 4.69) is 10.3 Å². The molecule has 5 heteroatoms. The molecule has 1 N–H and O–H groups in total. The lowest BCUT2D eigenvalue weighted by Crippen LogP contribution is -2.19. The molecule has 126 valence electrons. The topological polar surface area (TPSA) is 45.2 Å². The van der Waals surface area contributed by atoms with Crippen LogP contribution in [0.5, 0.6) is 0 Å². The van der Waals surface area contributed by atoms with Gasteiger partial charge in [-0.15, -0.1) is 0 Å². The van der Waals surface area contributed by atoms with E-state index < -0.39 is 11.7 Å². The third-order valence-corrected chi connectivity index (χ3v) is 3.80. The number of benzene rings is 2. The predicted octanol–water partition coefficient (Wildman–Crippen LogP) is 4.11. The monoisotopic (exact) mass is 335 g/mol. The standard InChI is InChI=1S/C20H18FN3O/c1-24(14-15-7-3-2-4-8-15)16-11-12-22-19(13-16)20(25)23-18-10-6-5-9-17(18)21/h2-13H,14H2,1H3,(H,23,25). The minimum absolute atomic E-state index is 0.136. The Morgan fingerprint density at radius 3 is 2.56 bits per heavy atom. The highest BCUT2D eigenvalue weighted by Crippen LogP contribution is 2.18. The molecule has 0 aliphatic heterocycles. The first-order chi connectivity index (χ1) is 12.1. The number of pyridine rings is 1. The Kier molecular flexibility index (Phi) is 5.04. The van der Waals surface area contributed by atoms with Crippen molar-refractivity contribution < 1.29 is 9.18 Å². The SMILES string of the molecule is CN(Cc1ccccc1)c1ccnc(C(=O)Nc2ccccc2F)c1. The molecular weight excluding hydrogens is 317 g/mol. The number of carbonyl (C=O) groups is 1. The Balaban J connectivity index is 1.74. The van der Waals surface area contributed by atoms with Crippen LogP contribution in [0, 0.1) is 5.82 Å². The molecule has 0 atom stereocenters. The lowest BCUT2D eigenvalue weighted by Gasteiger charge is -2.19. The van der Waals surface area contributed by atoms with E-state index >= 15 is 0 Å². The third-order valence-electron chi connectivity index (χ3n) is 3.80. The first-order valence-corrected chi connectivity index (χ1v) is 7.90. The molecule has 0 radical (unpaired) electrons. The van der Waals surface area contributed by atoms with Crippen LogP contribution in [0.3, 0.4) is 0 Å². The molecule has 1 amide bonds. The van der Waals surface area contributed by atoms with Crippen molar-refractivity contribution >= 4 is 17.3 Å². The number of rotatable bonds is 5. The van der Waals surface area contributed by atoms with Crippen LogP contribution in [0.2, 0.25) is 0 Å². The molecule has 0 aliphatic carbocycles. The predicted molar refractivity (Wildman–Crippen MR) is 97.1 cm³/mol. The highest BCUT2D eigenvalue weighted by atomic mass is 19.1. The molecular formula is C20H18FN3O. The van der Waals surface area contributed by atoms with Gasteiger partial charge in [0.2, 0.25) is 0 Å². The van der Waals surface area contributed by atoms with Crippen LogP contribution >= 0.6 is 0 Å². The first-order valence-electron chi connectivity index (χ1n) is 7.90. The van der Waals surface area contributed by atoms with E-state index in [0.29, 0.717) is 6.54 Å². The maximum absolute atomic E-state index is 13.7. The molecule has 0 unspecified atom stereocenters. The lowest BCUT2D eigenvalue weighted by atomic mass is 10.2. The molecule has 1 heterocycles. The summed E-state index contributed by atoms with van der Waals surface area (Å²) >= 11 is 0. The van der Waals surface area contributed by atoms with Crippen LogP contribution in [0.1, 0.15) is 16.1 Å². The molecule has 3 rings (SSSR count). The molecule has 0 bridgehead atoms. The number of carbonyl (C=O) groups excluding carboxylic acids is 1. The highest BCUT2D eigenvalue weighted by molar-refractivity contribution is 6.03. The van der Waals surface area contributed by atoms with Gasteiger partial charge in [0, 0.05) is 25.5 Å². The van der Waals surface area contributed by atoms with Crippen molar-refractivity contribution in [1.82, 2.24) is 4.98 Å². The number of amides is 1. The van der Waals surface area contributed by atoms with Crippen molar-refractivity contribution in [2.24, 2.45) is 0 Å². The molecule has 0 spiro atoms. The minimum atomic E-state index is -0.479. The second-order valence-electron chi connectivity index (χ2n) is 5.67. The van der Waals surface area contributed by atoms with E-state index in [9.17, 15) is 9.18 Å². The quantitative estimate of drug-likeness (QED) is 0.763. The third kappa shape index (κ3) is 4.20. The van der Waals surface area contributed by atoms with Crippen molar-refractivity contribution in [3.05, 3.63) is 90.0 Å². The van der Waals surface area contributed by atoms with Crippen molar-refractivity contribution in [3.8, 4) is 0 Å². The Bertz CT molecular complexity index is 868. The number of hydrogen-bond acceptors (Lipinski definition) is 3. The van der Waals surface area contributed by atoms with Gasteiger partial charge in [0.25, 0.3) is 5.91 Å². The largest absolute Gasteiger partial charge is 0.370 e. The minimum Gasteiger partial charge on any atom is -0.370 e. The molecule has 0 fully saturated rings. The Hall–Kier alpha value is -3.21. The molecule has 4 nitrogen and oxygen atoms in total. The summed E-state index contributed by atoms with van der Waals surface area (Å²) in [7, 11) is 1.95. The number of anilines is 2. The molecule has 0 saturated heterocycles. The van der Waals surface area contributed by atoms with Gasteiger partial charge in [-0.2, -0.15) is 0 Å². The van der Waals surface area contributed by atoms with Gasteiger partial charge in [0.05, 0.1) is 5.69 Å². The van der Waals surface area contributed by atoms with Gasteiger partial charge in [-0.3, -0.25) is 9.78 Å². The zero-order valence-electron chi connectivity index (χ0n) is 13.8. The number of nitrogens with one attached hydrogen (secondary N) is 1. The smallest absolute Gasteiger partial charge is 0.274 e. The van der Waals surface area contributed by atoms with Gasteiger partial charge in [-0.25, -0.2) is 4.39 Å². The first kappa shape index (κ1) is 16.6. The van der Waals surface area contributed by atoms with Crippen molar-refractivity contribution in [3.63, 3.8) is 0 Å². The molecule has 25 heavy (non-hydrogen) atoms. The summed E-state index contributed by atoms with van der Waals surface area (Å²) in [6.45, 7) is 0.708. The molecule has 2 aromatic carbocycles. The van der Waals surface area contributed by atoms with Gasteiger partial charge in [0.15, 0.2) is 0 Å². The summed E-state index contributed by atoms with van der Waals surface area (Å²) in [5, 5.41) is 2.55. The fourth-order valence-corrected chi connectivity index (χ4v) is 2.48. The van der Waals surface area contributed by atoms with Gasteiger partial charge < -0.3 is 10.2 Å². The average molecular weight is 335 g/mol. The second kappa shape index (κ2) is 7.57. The summed E-state index contributed by atoms with van der Waals surface area (Å²) in [4.78, 5) is 18.5. The van der Waals surface area contributed by atoms with Crippen LogP contribution < -0.4 is 10.2 Å². The molecule has 3 aromatic rings. The Morgan fingerprint density at radius 2 is 1.80 bits per heavy atom. The molecule has 0 saturated carbocycles. The van der Waals surface area contributed by atoms with Crippen molar-refractivity contribution in [2.75, 3.05) is 17.3 Å². The maximum atomic E-state index is 13.7. The second-order valence-corrected chi connectivity index (χ2v) is 5.67. The van der Waals surface area contributed by atoms with Crippen LogP contribution in [-0.4, -0.2) is 17.9 Å². The van der Waals surface area contributed by atoms with E-state index in [1.165, 1.54) is 17.7 Å². The van der Waals surface area contributed by atoms with Crippen LogP contribution in [0.15, 0.2) is 72.9 Å². The van der Waals surface area contributed by atoms with Crippen LogP contribution in [0.25, 0.3) is 0 Å². The highest BCUT2D eigenvalue weighted by Gasteiger charge is 2.12. The lowest BCUT2D eigenvalue weighted by molar-refractivity contribution is 0.102. The average Bonchev–Trinajstić information content (AvgIpc) is 2.64. The molecule has 1 aromatic heterocycles. The van der Waals surface area contributed by atoms with E-state index in [1.54, 1.807) is 24.4 Å². The van der Waals surface area contributed by atoms with E-state index in [-0.39, 0.29) is 11.4 Å². The summed E-state index contributed by atoms with van der Waals surface area (Å²) in [5.41, 5.74) is 2.40. The van der Waals surface area contributed by atoms with Gasteiger partial charge in [0.1, 0.15) is 11.5 Å². The Morgan fingerprint density at radius 1 is 1.08 bits per heavy atom. The number of halogens is 1. The van der Waals surface area contributed by atoms with E-state index in [0.717, 1.165) is 5.69 Å². The van der Waals surface area contributed by atoms with Gasteiger partial charge in [-0.1, -0.05) is 42.5 Å². The fourth-order valence-electron chi connectivity index (χ4n) is 2.48. The number of aromatic nitrogens is 1. The molecule has 0 aliphatic rings. The maximum Gasteiger partial charge on any atom is 0.274 e. The normalized spacial score (nSPS) is 10.3. The fraction of sp³-hybridized carbons (Fsp3) is 0.100. The van der Waals surface area contributed by atoms with Gasteiger partial charge in [-0.05, 0) is 29.8 Å². The van der Waals surface area contributed by atoms with Crippen molar-refractivity contribution in [1.29, 1.82) is 0 Å². The Labute approximate surface area is 145 Å². The summed E-state index contributed by atoms with van der Waals surface area (Å²) in [6.07, 6.45) is 1.58. The summed E-state index contributed by atoms with van der Waals surface area (Å²) in [6, 6.07) is 19.6. The number of hydrogen-bond donors (Lipinski definition) is 1. The zero-order valence-corrected chi connectivity index (χ0v) is 13.8. The van der Waals surface area contributed by atoms with Crippen molar-refractivity contribution in [2.45, 2.75) is 6.54 Å². The number of nitrogens with zero attached hydrogens (tertiary/aromatic N) is 2. The van der Waals surface area contributed by atoms with Gasteiger partial charge >= 0.3 is 0 Å². The van der Waals surface area contributed by atoms with E-state index in [4.69, 9.17) is 0 Å². The number of para-hydroxylation sites is 1. The van der Waals surface area contributed by atoms with Crippen LogP contribution in [0.4, 0.5) is 15.8 Å².